The van der Waals surface area contributed by atoms with Crippen molar-refractivity contribution >= 4 is 5.91 Å². The molecule has 4 rings (SSSR count). The minimum atomic E-state index is -0.0321. The number of hydrogen-bond donors (Lipinski definition) is 0. The van der Waals surface area contributed by atoms with Crippen molar-refractivity contribution < 1.29 is 4.79 Å². The molecule has 4 heterocycles. The molecule has 0 aromatic carbocycles. The Bertz CT molecular complexity index is 919. The summed E-state index contributed by atoms with van der Waals surface area (Å²) in [6, 6.07) is 5.98. The van der Waals surface area contributed by atoms with E-state index in [1.807, 2.05) is 28.6 Å². The van der Waals surface area contributed by atoms with Gasteiger partial charge in [0, 0.05) is 49.1 Å². The Labute approximate surface area is 151 Å². The van der Waals surface area contributed by atoms with Crippen LogP contribution in [0.3, 0.4) is 0 Å². The summed E-state index contributed by atoms with van der Waals surface area (Å²) >= 11 is 0. The Hall–Kier alpha value is -3.09. The van der Waals surface area contributed by atoms with Crippen LogP contribution in [-0.4, -0.2) is 48.6 Å². The van der Waals surface area contributed by atoms with Crippen LogP contribution < -0.4 is 0 Å². The molecule has 1 atom stereocenters. The van der Waals surface area contributed by atoms with Crippen molar-refractivity contribution in [3.63, 3.8) is 0 Å². The Morgan fingerprint density at radius 3 is 2.54 bits per heavy atom. The zero-order chi connectivity index (χ0) is 18.1. The number of rotatable bonds is 3. The minimum absolute atomic E-state index is 0.0321. The van der Waals surface area contributed by atoms with E-state index in [1.165, 1.54) is 0 Å². The quantitative estimate of drug-likeness (QED) is 0.726. The van der Waals surface area contributed by atoms with E-state index < -0.39 is 0 Å². The van der Waals surface area contributed by atoms with Crippen LogP contribution in [0.4, 0.5) is 0 Å². The number of likely N-dealkylation sites (tertiary alicyclic amines) is 1. The third kappa shape index (κ3) is 3.08. The van der Waals surface area contributed by atoms with Crippen LogP contribution in [0, 0.1) is 13.8 Å². The van der Waals surface area contributed by atoms with Crippen molar-refractivity contribution in [3.8, 4) is 11.4 Å². The lowest BCUT2D eigenvalue weighted by atomic mass is 10.2. The molecule has 1 aliphatic heterocycles. The number of pyridine rings is 1. The lowest BCUT2D eigenvalue weighted by molar-refractivity contribution is 0.0786. The van der Waals surface area contributed by atoms with Gasteiger partial charge in [0.05, 0.1) is 17.3 Å². The fourth-order valence-electron chi connectivity index (χ4n) is 3.41. The molecule has 7 nitrogen and oxygen atoms in total. The molecule has 0 saturated carbocycles. The van der Waals surface area contributed by atoms with Gasteiger partial charge < -0.3 is 4.90 Å². The second-order valence-electron chi connectivity index (χ2n) is 6.60. The lowest BCUT2D eigenvalue weighted by Gasteiger charge is -2.17. The maximum atomic E-state index is 12.8. The van der Waals surface area contributed by atoms with E-state index in [0.29, 0.717) is 24.5 Å². The van der Waals surface area contributed by atoms with E-state index in [9.17, 15) is 4.79 Å². The van der Waals surface area contributed by atoms with Crippen LogP contribution in [0.5, 0.6) is 0 Å². The van der Waals surface area contributed by atoms with Gasteiger partial charge in [-0.1, -0.05) is 0 Å². The SMILES string of the molecule is Cc1cc(C)n([C@H]2CCN(C(=O)c3cnc(-c4ccncc4)nc3)C2)n1. The van der Waals surface area contributed by atoms with E-state index in [0.717, 1.165) is 23.4 Å². The Kier molecular flexibility index (Phi) is 4.20. The number of aryl methyl sites for hydroxylation is 2. The van der Waals surface area contributed by atoms with Crippen LogP contribution in [-0.2, 0) is 0 Å². The number of carbonyl (C=O) groups is 1. The molecule has 0 N–H and O–H groups in total. The van der Waals surface area contributed by atoms with E-state index >= 15 is 0 Å². The van der Waals surface area contributed by atoms with E-state index in [1.54, 1.807) is 24.8 Å². The number of hydrogen-bond acceptors (Lipinski definition) is 5. The highest BCUT2D eigenvalue weighted by Gasteiger charge is 2.29. The number of carbonyl (C=O) groups excluding carboxylic acids is 1. The molecule has 1 saturated heterocycles. The molecule has 132 valence electrons. The van der Waals surface area contributed by atoms with Gasteiger partial charge in [0.25, 0.3) is 5.91 Å². The highest BCUT2D eigenvalue weighted by Crippen LogP contribution is 2.24. The molecule has 0 spiro atoms. The van der Waals surface area contributed by atoms with Gasteiger partial charge in [0.2, 0.25) is 0 Å². The summed E-state index contributed by atoms with van der Waals surface area (Å²) in [5, 5.41) is 4.55. The first-order valence-corrected chi connectivity index (χ1v) is 8.66. The van der Waals surface area contributed by atoms with Crippen LogP contribution >= 0.6 is 0 Å². The minimum Gasteiger partial charge on any atom is -0.336 e. The van der Waals surface area contributed by atoms with Gasteiger partial charge in [-0.25, -0.2) is 9.97 Å². The van der Waals surface area contributed by atoms with Gasteiger partial charge in [-0.2, -0.15) is 5.10 Å². The zero-order valence-electron chi connectivity index (χ0n) is 14.8. The number of nitrogens with zero attached hydrogens (tertiary/aromatic N) is 6. The molecular weight excluding hydrogens is 328 g/mol. The summed E-state index contributed by atoms with van der Waals surface area (Å²) in [7, 11) is 0. The third-order valence-electron chi connectivity index (χ3n) is 4.68. The molecule has 0 unspecified atom stereocenters. The van der Waals surface area contributed by atoms with Crippen LogP contribution in [0.1, 0.15) is 34.2 Å². The summed E-state index contributed by atoms with van der Waals surface area (Å²) in [6.45, 7) is 5.42. The molecule has 7 heteroatoms. The molecule has 0 radical (unpaired) electrons. The number of aromatic nitrogens is 5. The van der Waals surface area contributed by atoms with Gasteiger partial charge in [-0.3, -0.25) is 14.5 Å². The fourth-order valence-corrected chi connectivity index (χ4v) is 3.41. The molecule has 0 aliphatic carbocycles. The predicted molar refractivity (Wildman–Crippen MR) is 96.5 cm³/mol. The van der Waals surface area contributed by atoms with Crippen molar-refractivity contribution in [2.75, 3.05) is 13.1 Å². The maximum absolute atomic E-state index is 12.8. The summed E-state index contributed by atoms with van der Waals surface area (Å²) in [4.78, 5) is 27.3. The second-order valence-corrected chi connectivity index (χ2v) is 6.60. The van der Waals surface area contributed by atoms with E-state index in [2.05, 4.69) is 33.0 Å². The van der Waals surface area contributed by atoms with Crippen molar-refractivity contribution in [1.82, 2.24) is 29.6 Å². The largest absolute Gasteiger partial charge is 0.336 e. The molecule has 26 heavy (non-hydrogen) atoms. The van der Waals surface area contributed by atoms with Crippen LogP contribution in [0.25, 0.3) is 11.4 Å². The molecular formula is C19H20N6O. The predicted octanol–water partition coefficient (Wildman–Crippen LogP) is 2.44. The highest BCUT2D eigenvalue weighted by atomic mass is 16.2. The van der Waals surface area contributed by atoms with Gasteiger partial charge >= 0.3 is 0 Å². The van der Waals surface area contributed by atoms with E-state index in [-0.39, 0.29) is 11.9 Å². The first kappa shape index (κ1) is 16.4. The average Bonchev–Trinajstić information content (AvgIpc) is 3.28. The standard InChI is InChI=1S/C19H20N6O/c1-13-9-14(2)25(23-13)17-5-8-24(12-17)19(26)16-10-21-18(22-11-16)15-3-6-20-7-4-15/h3-4,6-7,9-11,17H,5,8,12H2,1-2H3/t17-/m0/s1. The number of amides is 1. The summed E-state index contributed by atoms with van der Waals surface area (Å²) in [5.74, 6) is 0.557. The molecule has 1 aliphatic rings. The van der Waals surface area contributed by atoms with Gasteiger partial charge in [-0.05, 0) is 38.5 Å². The van der Waals surface area contributed by atoms with E-state index in [4.69, 9.17) is 0 Å². The smallest absolute Gasteiger partial charge is 0.257 e. The van der Waals surface area contributed by atoms with Crippen LogP contribution in [0.2, 0.25) is 0 Å². The van der Waals surface area contributed by atoms with Gasteiger partial charge in [0.15, 0.2) is 5.82 Å². The Morgan fingerprint density at radius 1 is 1.15 bits per heavy atom. The van der Waals surface area contributed by atoms with Gasteiger partial charge in [0.1, 0.15) is 0 Å². The fraction of sp³-hybridized carbons (Fsp3) is 0.316. The molecule has 1 amide bonds. The lowest BCUT2D eigenvalue weighted by Crippen LogP contribution is -2.29. The Balaban J connectivity index is 1.47. The molecule has 3 aromatic rings. The van der Waals surface area contributed by atoms with Crippen molar-refractivity contribution in [1.29, 1.82) is 0 Å². The average molecular weight is 348 g/mol. The van der Waals surface area contributed by atoms with Crippen molar-refractivity contribution in [2.24, 2.45) is 0 Å². The summed E-state index contributed by atoms with van der Waals surface area (Å²) in [6.07, 6.45) is 7.50. The molecule has 3 aromatic heterocycles. The topological polar surface area (TPSA) is 76.8 Å². The first-order chi connectivity index (χ1) is 12.6. The second kappa shape index (κ2) is 6.67. The zero-order valence-corrected chi connectivity index (χ0v) is 14.8. The third-order valence-corrected chi connectivity index (χ3v) is 4.68. The van der Waals surface area contributed by atoms with Crippen molar-refractivity contribution in [2.45, 2.75) is 26.3 Å². The maximum Gasteiger partial charge on any atom is 0.257 e. The monoisotopic (exact) mass is 348 g/mol. The van der Waals surface area contributed by atoms with Crippen LogP contribution in [0.15, 0.2) is 43.0 Å². The van der Waals surface area contributed by atoms with Crippen molar-refractivity contribution in [3.05, 3.63) is 59.9 Å². The molecule has 1 fully saturated rings. The highest BCUT2D eigenvalue weighted by molar-refractivity contribution is 5.94. The van der Waals surface area contributed by atoms with Gasteiger partial charge in [-0.15, -0.1) is 0 Å². The first-order valence-electron chi connectivity index (χ1n) is 8.66. The summed E-state index contributed by atoms with van der Waals surface area (Å²) in [5.41, 5.74) is 3.53. The molecule has 0 bridgehead atoms. The Morgan fingerprint density at radius 2 is 1.88 bits per heavy atom. The normalized spacial score (nSPS) is 16.8. The summed E-state index contributed by atoms with van der Waals surface area (Å²) < 4.78 is 2.03.